The van der Waals surface area contributed by atoms with E-state index < -0.39 is 12.8 Å². The van der Waals surface area contributed by atoms with E-state index in [-0.39, 0.29) is 5.75 Å². The second kappa shape index (κ2) is 13.3. The predicted molar refractivity (Wildman–Crippen MR) is 108 cm³/mol. The van der Waals surface area contributed by atoms with Crippen molar-refractivity contribution < 1.29 is 17.9 Å². The molecule has 0 aliphatic rings. The van der Waals surface area contributed by atoms with E-state index in [4.69, 9.17) is 4.74 Å². The van der Waals surface area contributed by atoms with Crippen molar-refractivity contribution in [3.8, 4) is 5.75 Å². The van der Waals surface area contributed by atoms with E-state index in [0.717, 1.165) is 25.1 Å². The molecule has 0 amide bonds. The van der Waals surface area contributed by atoms with Crippen LogP contribution in [-0.2, 0) is 6.54 Å². The molecule has 1 aromatic carbocycles. The molecule has 0 heterocycles. The largest absolute Gasteiger partial charge is 0.484 e. The number of nitrogens with one attached hydrogen (secondary N) is 2. The summed E-state index contributed by atoms with van der Waals surface area (Å²) in [5.74, 6) is 0.916. The van der Waals surface area contributed by atoms with E-state index in [1.807, 2.05) is 0 Å². The van der Waals surface area contributed by atoms with Crippen molar-refractivity contribution in [1.82, 2.24) is 15.5 Å². The number of unbranched alkanes of at least 4 members (excludes halogenated alkanes) is 4. The van der Waals surface area contributed by atoms with Crippen LogP contribution in [0.5, 0.6) is 5.75 Å². The van der Waals surface area contributed by atoms with Crippen molar-refractivity contribution in [2.45, 2.75) is 44.8 Å². The van der Waals surface area contributed by atoms with Gasteiger partial charge in [0.05, 0.1) is 0 Å². The molecule has 0 saturated carbocycles. The zero-order valence-electron chi connectivity index (χ0n) is 17.1. The maximum absolute atomic E-state index is 12.1. The first-order valence-electron chi connectivity index (χ1n) is 9.68. The van der Waals surface area contributed by atoms with Crippen LogP contribution in [0.25, 0.3) is 0 Å². The molecule has 0 fully saturated rings. The molecule has 5 nitrogen and oxygen atoms in total. The van der Waals surface area contributed by atoms with Crippen LogP contribution >= 0.6 is 0 Å². The van der Waals surface area contributed by atoms with Gasteiger partial charge in [-0.1, -0.05) is 31.4 Å². The number of guanidine groups is 1. The average Bonchev–Trinajstić information content (AvgIpc) is 2.64. The highest BCUT2D eigenvalue weighted by atomic mass is 19.4. The van der Waals surface area contributed by atoms with Crippen LogP contribution in [0, 0.1) is 0 Å². The molecular weight excluding hydrogens is 369 g/mol. The summed E-state index contributed by atoms with van der Waals surface area (Å²) in [4.78, 5) is 6.39. The van der Waals surface area contributed by atoms with Crippen LogP contribution in [0.1, 0.15) is 37.7 Å². The van der Waals surface area contributed by atoms with Gasteiger partial charge in [0.1, 0.15) is 5.75 Å². The van der Waals surface area contributed by atoms with Gasteiger partial charge in [-0.3, -0.25) is 4.99 Å². The molecule has 0 bridgehead atoms. The molecule has 160 valence electrons. The lowest BCUT2D eigenvalue weighted by atomic mass is 10.1. The summed E-state index contributed by atoms with van der Waals surface area (Å²) in [7, 11) is 5.90. The lowest BCUT2D eigenvalue weighted by Crippen LogP contribution is -2.37. The van der Waals surface area contributed by atoms with Crippen molar-refractivity contribution >= 4 is 5.96 Å². The fourth-order valence-corrected chi connectivity index (χ4v) is 2.57. The van der Waals surface area contributed by atoms with Crippen LogP contribution in [0.2, 0.25) is 0 Å². The Labute approximate surface area is 166 Å². The van der Waals surface area contributed by atoms with Gasteiger partial charge in [-0.15, -0.1) is 0 Å². The molecule has 0 radical (unpaired) electrons. The third-order valence-corrected chi connectivity index (χ3v) is 4.08. The van der Waals surface area contributed by atoms with Crippen molar-refractivity contribution in [3.05, 3.63) is 29.8 Å². The maximum Gasteiger partial charge on any atom is 0.422 e. The summed E-state index contributed by atoms with van der Waals surface area (Å²) in [5, 5.41) is 6.48. The molecule has 0 saturated heterocycles. The molecule has 1 rings (SSSR count). The number of aliphatic imine (C=N–C) groups is 1. The Morgan fingerprint density at radius 2 is 1.64 bits per heavy atom. The van der Waals surface area contributed by atoms with Gasteiger partial charge in [-0.2, -0.15) is 13.2 Å². The lowest BCUT2D eigenvalue weighted by Gasteiger charge is -2.13. The van der Waals surface area contributed by atoms with E-state index in [1.54, 1.807) is 19.2 Å². The maximum atomic E-state index is 12.1. The van der Waals surface area contributed by atoms with Crippen molar-refractivity contribution in [2.75, 3.05) is 40.8 Å². The Balaban J connectivity index is 2.18. The van der Waals surface area contributed by atoms with Gasteiger partial charge in [-0.05, 0) is 51.2 Å². The average molecular weight is 403 g/mol. The quantitative estimate of drug-likeness (QED) is 0.317. The molecule has 0 aromatic heterocycles. The van der Waals surface area contributed by atoms with Gasteiger partial charge in [0.25, 0.3) is 0 Å². The number of hydrogen-bond donors (Lipinski definition) is 2. The zero-order chi connectivity index (χ0) is 20.8. The van der Waals surface area contributed by atoms with E-state index in [9.17, 15) is 13.2 Å². The molecular formula is C20H33F3N4O. The first-order chi connectivity index (χ1) is 13.3. The number of nitrogens with zero attached hydrogens (tertiary/aromatic N) is 2. The molecule has 8 heteroatoms. The molecule has 0 spiro atoms. The fourth-order valence-electron chi connectivity index (χ4n) is 2.57. The molecule has 0 atom stereocenters. The van der Waals surface area contributed by atoms with E-state index in [0.29, 0.717) is 12.5 Å². The van der Waals surface area contributed by atoms with E-state index in [1.165, 1.54) is 37.8 Å². The Bertz CT molecular complexity index is 560. The highest BCUT2D eigenvalue weighted by molar-refractivity contribution is 5.79. The molecule has 2 N–H and O–H groups in total. The van der Waals surface area contributed by atoms with Gasteiger partial charge >= 0.3 is 6.18 Å². The number of hydrogen-bond acceptors (Lipinski definition) is 3. The standard InChI is InChI=1S/C20H33F3N4O/c1-24-19(25-13-7-5-4-6-8-14-27(2)3)26-15-17-9-11-18(12-10-17)28-16-20(21,22)23/h9-12H,4-8,13-16H2,1-3H3,(H2,24,25,26). The Hall–Kier alpha value is -1.96. The predicted octanol–water partition coefficient (Wildman–Crippen LogP) is 3.80. The molecule has 0 unspecified atom stereocenters. The smallest absolute Gasteiger partial charge is 0.422 e. The summed E-state index contributed by atoms with van der Waals surface area (Å²) >= 11 is 0. The van der Waals surface area contributed by atoms with Gasteiger partial charge in [-0.25, -0.2) is 0 Å². The highest BCUT2D eigenvalue weighted by Gasteiger charge is 2.28. The van der Waals surface area contributed by atoms with E-state index in [2.05, 4.69) is 34.6 Å². The number of benzene rings is 1. The SMILES string of the molecule is CN=C(NCCCCCCCN(C)C)NCc1ccc(OCC(F)(F)F)cc1. The Morgan fingerprint density at radius 3 is 2.25 bits per heavy atom. The normalized spacial score (nSPS) is 12.3. The van der Waals surface area contributed by atoms with Gasteiger partial charge in [0.2, 0.25) is 0 Å². The van der Waals surface area contributed by atoms with Crippen molar-refractivity contribution in [3.63, 3.8) is 0 Å². The van der Waals surface area contributed by atoms with Crippen LogP contribution in [0.3, 0.4) is 0 Å². The Morgan fingerprint density at radius 1 is 1.00 bits per heavy atom. The van der Waals surface area contributed by atoms with Gasteiger partial charge < -0.3 is 20.3 Å². The number of ether oxygens (including phenoxy) is 1. The summed E-state index contributed by atoms with van der Waals surface area (Å²) in [6, 6.07) is 6.55. The van der Waals surface area contributed by atoms with Crippen molar-refractivity contribution in [1.29, 1.82) is 0 Å². The lowest BCUT2D eigenvalue weighted by molar-refractivity contribution is -0.153. The number of alkyl halides is 3. The minimum absolute atomic E-state index is 0.203. The first kappa shape index (κ1) is 24.1. The fraction of sp³-hybridized carbons (Fsp3) is 0.650. The number of halogens is 3. The third kappa shape index (κ3) is 12.4. The van der Waals surface area contributed by atoms with Crippen molar-refractivity contribution in [2.24, 2.45) is 4.99 Å². The summed E-state index contributed by atoms with van der Waals surface area (Å²) in [6.45, 7) is 1.25. The van der Waals surface area contributed by atoms with Crippen LogP contribution < -0.4 is 15.4 Å². The van der Waals surface area contributed by atoms with Crippen LogP contribution in [0.15, 0.2) is 29.3 Å². The minimum Gasteiger partial charge on any atom is -0.484 e. The second-order valence-electron chi connectivity index (χ2n) is 6.97. The molecule has 1 aromatic rings. The minimum atomic E-state index is -4.33. The Kier molecular flexibility index (Phi) is 11.4. The number of rotatable bonds is 12. The van der Waals surface area contributed by atoms with Gasteiger partial charge in [0.15, 0.2) is 12.6 Å². The molecule has 0 aliphatic carbocycles. The van der Waals surface area contributed by atoms with Crippen LogP contribution in [0.4, 0.5) is 13.2 Å². The first-order valence-corrected chi connectivity index (χ1v) is 9.68. The zero-order valence-corrected chi connectivity index (χ0v) is 17.1. The summed E-state index contributed by atoms with van der Waals surface area (Å²) in [6.07, 6.45) is 1.69. The highest BCUT2D eigenvalue weighted by Crippen LogP contribution is 2.18. The monoisotopic (exact) mass is 402 g/mol. The third-order valence-electron chi connectivity index (χ3n) is 4.08. The topological polar surface area (TPSA) is 48.9 Å². The van der Waals surface area contributed by atoms with E-state index >= 15 is 0 Å². The second-order valence-corrected chi connectivity index (χ2v) is 6.97. The van der Waals surface area contributed by atoms with Crippen LogP contribution in [-0.4, -0.2) is 57.9 Å². The molecule has 0 aliphatic heterocycles. The summed E-state index contributed by atoms with van der Waals surface area (Å²) in [5.41, 5.74) is 0.934. The van der Waals surface area contributed by atoms with Gasteiger partial charge in [0, 0.05) is 20.1 Å². The summed E-state index contributed by atoms with van der Waals surface area (Å²) < 4.78 is 41.1. The molecule has 28 heavy (non-hydrogen) atoms.